The summed E-state index contributed by atoms with van der Waals surface area (Å²) in [4.78, 5) is 0. The van der Waals surface area contributed by atoms with Gasteiger partial charge in [0, 0.05) is 0 Å². The quantitative estimate of drug-likeness (QED) is 0.439. The molecule has 1 N–H and O–H groups in total. The molecule has 0 bridgehead atoms. The van der Waals surface area contributed by atoms with E-state index in [1.807, 2.05) is 0 Å². The van der Waals surface area contributed by atoms with E-state index in [2.05, 4.69) is 0 Å². The third kappa shape index (κ3) is 7.11. The van der Waals surface area contributed by atoms with E-state index in [1.54, 1.807) is 0 Å². The second-order valence-corrected chi connectivity index (χ2v) is 3.99. The first-order valence-corrected chi connectivity index (χ1v) is 4.91. The maximum absolute atomic E-state index is 12.4. The van der Waals surface area contributed by atoms with Crippen molar-refractivity contribution in [3.8, 4) is 0 Å². The number of rotatable bonds is 5. The summed E-state index contributed by atoms with van der Waals surface area (Å²) < 4.78 is 87.8. The molecule has 3 atom stereocenters. The van der Waals surface area contributed by atoms with Crippen LogP contribution in [0.15, 0.2) is 0 Å². The molecule has 3 unspecified atom stereocenters. The standard InChI is InChI=1S/C5H7F5O3S.Li.H/c6-2(1-14(11,12)13)3(7)4(8)5(9)10;;/h2-5H,1H2,(H,11,12,13);;. The van der Waals surface area contributed by atoms with Gasteiger partial charge in [-0.3, -0.25) is 4.55 Å². The van der Waals surface area contributed by atoms with Crippen molar-refractivity contribution in [2.24, 2.45) is 0 Å². The van der Waals surface area contributed by atoms with Crippen molar-refractivity contribution in [1.82, 2.24) is 0 Å². The molecule has 15 heavy (non-hydrogen) atoms. The van der Waals surface area contributed by atoms with E-state index in [0.29, 0.717) is 0 Å². The molecular formula is C5H8F5LiO3S. The van der Waals surface area contributed by atoms with Crippen LogP contribution in [0.2, 0.25) is 0 Å². The summed E-state index contributed by atoms with van der Waals surface area (Å²) >= 11 is 0. The summed E-state index contributed by atoms with van der Waals surface area (Å²) in [5.41, 5.74) is 0. The molecule has 88 valence electrons. The summed E-state index contributed by atoms with van der Waals surface area (Å²) in [5.74, 6) is -1.75. The average Bonchev–Trinajstić information content (AvgIpc) is 1.98. The van der Waals surface area contributed by atoms with Gasteiger partial charge in [0.15, 0.2) is 18.5 Å². The molecule has 0 saturated heterocycles. The van der Waals surface area contributed by atoms with Gasteiger partial charge in [0.05, 0.1) is 0 Å². The fraction of sp³-hybridized carbons (Fsp3) is 1.00. The SMILES string of the molecule is O=S(=O)(O)CC(F)C(F)C(F)C(F)F.[LiH]. The molecule has 0 aromatic heterocycles. The zero-order valence-electron chi connectivity index (χ0n) is 6.58. The van der Waals surface area contributed by atoms with Gasteiger partial charge in [0.1, 0.15) is 5.75 Å². The van der Waals surface area contributed by atoms with Gasteiger partial charge in [0.25, 0.3) is 16.5 Å². The van der Waals surface area contributed by atoms with Crippen LogP contribution < -0.4 is 0 Å². The van der Waals surface area contributed by atoms with Crippen molar-refractivity contribution in [1.29, 1.82) is 0 Å². The predicted molar refractivity (Wildman–Crippen MR) is 44.3 cm³/mol. The molecule has 0 spiro atoms. The van der Waals surface area contributed by atoms with Crippen LogP contribution in [0, 0.1) is 0 Å². The van der Waals surface area contributed by atoms with Crippen molar-refractivity contribution < 1.29 is 34.9 Å². The summed E-state index contributed by atoms with van der Waals surface area (Å²) in [6.07, 6.45) is -13.5. The molecule has 3 nitrogen and oxygen atoms in total. The van der Waals surface area contributed by atoms with E-state index in [0.717, 1.165) is 0 Å². The predicted octanol–water partition coefficient (Wildman–Crippen LogP) is 0.505. The molecule has 0 aliphatic carbocycles. The summed E-state index contributed by atoms with van der Waals surface area (Å²) in [5, 5.41) is 0. The van der Waals surface area contributed by atoms with E-state index in [9.17, 15) is 30.4 Å². The Balaban J connectivity index is 0. The van der Waals surface area contributed by atoms with Crippen LogP contribution in [0.3, 0.4) is 0 Å². The number of hydrogen-bond donors (Lipinski definition) is 1. The van der Waals surface area contributed by atoms with Crippen LogP contribution >= 0.6 is 0 Å². The van der Waals surface area contributed by atoms with E-state index < -0.39 is 40.8 Å². The Kier molecular flexibility index (Phi) is 7.81. The first-order valence-electron chi connectivity index (χ1n) is 3.30. The second kappa shape index (κ2) is 6.68. The van der Waals surface area contributed by atoms with Crippen molar-refractivity contribution in [2.45, 2.75) is 24.9 Å². The maximum atomic E-state index is 12.4. The minimum absolute atomic E-state index is 0. The third-order valence-corrected chi connectivity index (χ3v) is 2.00. The number of halogens is 5. The Bertz CT molecular complexity index is 272. The monoisotopic (exact) mass is 250 g/mol. The number of hydrogen-bond acceptors (Lipinski definition) is 2. The van der Waals surface area contributed by atoms with E-state index in [-0.39, 0.29) is 18.9 Å². The normalized spacial score (nSPS) is 18.1. The first-order chi connectivity index (χ1) is 6.15. The summed E-state index contributed by atoms with van der Waals surface area (Å²) in [6.45, 7) is 0. The van der Waals surface area contributed by atoms with Gasteiger partial charge in [0.2, 0.25) is 0 Å². The van der Waals surface area contributed by atoms with Gasteiger partial charge in [-0.1, -0.05) is 0 Å². The van der Waals surface area contributed by atoms with Gasteiger partial charge >= 0.3 is 18.9 Å². The molecule has 0 aliphatic rings. The summed E-state index contributed by atoms with van der Waals surface area (Å²) in [6, 6.07) is 0. The Morgan fingerprint density at radius 2 is 1.40 bits per heavy atom. The van der Waals surface area contributed by atoms with Crippen LogP contribution in [0.25, 0.3) is 0 Å². The van der Waals surface area contributed by atoms with E-state index in [4.69, 9.17) is 4.55 Å². The fourth-order valence-corrected chi connectivity index (χ4v) is 1.22. The van der Waals surface area contributed by atoms with Crippen molar-refractivity contribution in [3.05, 3.63) is 0 Å². The Morgan fingerprint density at radius 3 is 1.67 bits per heavy atom. The van der Waals surface area contributed by atoms with E-state index in [1.165, 1.54) is 0 Å². The second-order valence-electron chi connectivity index (χ2n) is 2.49. The van der Waals surface area contributed by atoms with Crippen LogP contribution in [-0.2, 0) is 10.1 Å². The van der Waals surface area contributed by atoms with Crippen LogP contribution in [0.5, 0.6) is 0 Å². The molecule has 0 heterocycles. The van der Waals surface area contributed by atoms with Crippen LogP contribution in [0.4, 0.5) is 22.0 Å². The van der Waals surface area contributed by atoms with Crippen molar-refractivity contribution in [2.75, 3.05) is 5.75 Å². The molecule has 0 aliphatic heterocycles. The Hall–Kier alpha value is 0.157. The molecule has 0 saturated carbocycles. The Labute approximate surface area is 95.0 Å². The molecule has 0 rings (SSSR count). The molecule has 0 amide bonds. The zero-order valence-corrected chi connectivity index (χ0v) is 7.39. The molecule has 0 aromatic carbocycles. The first kappa shape index (κ1) is 17.5. The van der Waals surface area contributed by atoms with Gasteiger partial charge in [-0.05, 0) is 0 Å². The molecule has 0 aromatic rings. The summed E-state index contributed by atoms with van der Waals surface area (Å²) in [7, 11) is -4.85. The van der Waals surface area contributed by atoms with Crippen LogP contribution in [0.1, 0.15) is 0 Å². The molecular weight excluding hydrogens is 242 g/mol. The molecule has 0 fully saturated rings. The fourth-order valence-electron chi connectivity index (χ4n) is 0.632. The van der Waals surface area contributed by atoms with Gasteiger partial charge in [-0.25, -0.2) is 22.0 Å². The Morgan fingerprint density at radius 1 is 1.00 bits per heavy atom. The van der Waals surface area contributed by atoms with Crippen molar-refractivity contribution in [3.63, 3.8) is 0 Å². The van der Waals surface area contributed by atoms with Gasteiger partial charge < -0.3 is 0 Å². The van der Waals surface area contributed by atoms with Gasteiger partial charge in [-0.15, -0.1) is 0 Å². The average molecular weight is 250 g/mol. The van der Waals surface area contributed by atoms with Crippen molar-refractivity contribution >= 4 is 29.0 Å². The van der Waals surface area contributed by atoms with Gasteiger partial charge in [-0.2, -0.15) is 8.42 Å². The number of alkyl halides is 5. The zero-order chi connectivity index (χ0) is 11.5. The van der Waals surface area contributed by atoms with E-state index >= 15 is 0 Å². The molecule has 0 radical (unpaired) electrons. The topological polar surface area (TPSA) is 54.4 Å². The van der Waals surface area contributed by atoms with Crippen LogP contribution in [-0.4, -0.2) is 62.5 Å². The third-order valence-electron chi connectivity index (χ3n) is 1.26. The molecule has 10 heteroatoms. The minimum atomic E-state index is -4.85.